The molecule has 0 spiro atoms. The molecule has 0 saturated carbocycles. The van der Waals surface area contributed by atoms with E-state index in [-0.39, 0.29) is 11.7 Å². The lowest BCUT2D eigenvalue weighted by Gasteiger charge is -2.12. The number of hydrogen-bond acceptors (Lipinski definition) is 4. The molecular weight excluding hydrogens is 400 g/mol. The summed E-state index contributed by atoms with van der Waals surface area (Å²) in [6, 6.07) is 14.4. The first kappa shape index (κ1) is 17.5. The van der Waals surface area contributed by atoms with Crippen LogP contribution in [0.5, 0.6) is 5.75 Å². The normalized spacial score (nSPS) is 17.5. The Labute approximate surface area is 158 Å². The molecule has 4 nitrogen and oxygen atoms in total. The fourth-order valence-corrected chi connectivity index (χ4v) is 3.54. The number of phenolic OH excluding ortho intramolecular Hbond substituents is 1. The maximum absolute atomic E-state index is 12.7. The van der Waals surface area contributed by atoms with Crippen LogP contribution >= 0.6 is 27.7 Å². The summed E-state index contributed by atoms with van der Waals surface area (Å²) in [4.78, 5) is 19.4. The van der Waals surface area contributed by atoms with E-state index in [4.69, 9.17) is 0 Å². The van der Waals surface area contributed by atoms with Crippen LogP contribution in [0.1, 0.15) is 5.56 Å². The number of hydrogen-bond donors (Lipinski definition) is 1. The Bertz CT molecular complexity index is 875. The molecule has 2 aromatic carbocycles. The van der Waals surface area contributed by atoms with Crippen molar-refractivity contribution in [3.05, 3.63) is 76.1 Å². The number of amidine groups is 1. The smallest absolute Gasteiger partial charge is 0.267 e. The first-order chi connectivity index (χ1) is 12.1. The summed E-state index contributed by atoms with van der Waals surface area (Å²) >= 11 is 4.71. The number of carbonyl (C=O) groups excluding carboxylic acids is 1. The van der Waals surface area contributed by atoms with Gasteiger partial charge in [-0.25, -0.2) is 4.99 Å². The topological polar surface area (TPSA) is 52.9 Å². The Morgan fingerprint density at radius 1 is 1.24 bits per heavy atom. The van der Waals surface area contributed by atoms with Crippen molar-refractivity contribution in [3.8, 4) is 5.75 Å². The van der Waals surface area contributed by atoms with Gasteiger partial charge in [-0.3, -0.25) is 9.69 Å². The SMILES string of the molecule is C=CCN1C(=O)/C(=C\c2ccc(Br)cc2)SC1=Nc1cccc(O)c1. The summed E-state index contributed by atoms with van der Waals surface area (Å²) in [7, 11) is 0. The van der Waals surface area contributed by atoms with Crippen LogP contribution in [0.3, 0.4) is 0 Å². The van der Waals surface area contributed by atoms with Crippen molar-refractivity contribution >= 4 is 50.5 Å². The highest BCUT2D eigenvalue weighted by molar-refractivity contribution is 9.10. The van der Waals surface area contributed by atoms with Crippen LogP contribution < -0.4 is 0 Å². The van der Waals surface area contributed by atoms with Gasteiger partial charge in [0.05, 0.1) is 10.6 Å². The van der Waals surface area contributed by atoms with Gasteiger partial charge in [0.25, 0.3) is 5.91 Å². The van der Waals surface area contributed by atoms with Gasteiger partial charge < -0.3 is 5.11 Å². The summed E-state index contributed by atoms with van der Waals surface area (Å²) in [5, 5.41) is 10.2. The molecule has 1 N–H and O–H groups in total. The zero-order valence-electron chi connectivity index (χ0n) is 13.2. The number of nitrogens with zero attached hydrogens (tertiary/aromatic N) is 2. The number of phenols is 1. The van der Waals surface area contributed by atoms with Crippen LogP contribution in [0, 0.1) is 0 Å². The largest absolute Gasteiger partial charge is 0.508 e. The average Bonchev–Trinajstić information content (AvgIpc) is 2.86. The lowest BCUT2D eigenvalue weighted by atomic mass is 10.2. The molecular formula is C19H15BrN2O2S. The summed E-state index contributed by atoms with van der Waals surface area (Å²) in [5.41, 5.74) is 1.53. The van der Waals surface area contributed by atoms with Gasteiger partial charge in [0.2, 0.25) is 0 Å². The number of benzene rings is 2. The lowest BCUT2D eigenvalue weighted by molar-refractivity contribution is -0.121. The van der Waals surface area contributed by atoms with E-state index in [0.717, 1.165) is 10.0 Å². The summed E-state index contributed by atoms with van der Waals surface area (Å²) < 4.78 is 0.986. The maximum atomic E-state index is 12.7. The third kappa shape index (κ3) is 4.21. The van der Waals surface area contributed by atoms with Gasteiger partial charge in [0.15, 0.2) is 5.17 Å². The summed E-state index contributed by atoms with van der Waals surface area (Å²) in [5.74, 6) is 0.0313. The second-order valence-electron chi connectivity index (χ2n) is 5.28. The second kappa shape index (κ2) is 7.72. The molecule has 1 heterocycles. The minimum atomic E-state index is -0.105. The molecule has 0 aliphatic carbocycles. The van der Waals surface area contributed by atoms with Gasteiger partial charge >= 0.3 is 0 Å². The van der Waals surface area contributed by atoms with Crippen molar-refractivity contribution in [1.82, 2.24) is 4.90 Å². The quantitative estimate of drug-likeness (QED) is 0.568. The van der Waals surface area contributed by atoms with Crippen molar-refractivity contribution in [2.24, 2.45) is 4.99 Å². The molecule has 25 heavy (non-hydrogen) atoms. The Hall–Kier alpha value is -2.31. The van der Waals surface area contributed by atoms with Gasteiger partial charge in [-0.15, -0.1) is 6.58 Å². The number of carbonyl (C=O) groups is 1. The van der Waals surface area contributed by atoms with Crippen molar-refractivity contribution in [2.75, 3.05) is 6.54 Å². The molecule has 1 aliphatic rings. The molecule has 1 saturated heterocycles. The fourth-order valence-electron chi connectivity index (χ4n) is 2.26. The van der Waals surface area contributed by atoms with E-state index < -0.39 is 0 Å². The van der Waals surface area contributed by atoms with E-state index in [0.29, 0.717) is 22.3 Å². The highest BCUT2D eigenvalue weighted by Gasteiger charge is 2.32. The van der Waals surface area contributed by atoms with Crippen LogP contribution in [-0.2, 0) is 4.79 Å². The van der Waals surface area contributed by atoms with Crippen molar-refractivity contribution in [3.63, 3.8) is 0 Å². The fraction of sp³-hybridized carbons (Fsp3) is 0.0526. The summed E-state index contributed by atoms with van der Waals surface area (Å²) in [6.07, 6.45) is 3.51. The maximum Gasteiger partial charge on any atom is 0.267 e. The number of aromatic hydroxyl groups is 1. The monoisotopic (exact) mass is 414 g/mol. The van der Waals surface area contributed by atoms with Crippen LogP contribution in [0.2, 0.25) is 0 Å². The third-order valence-corrected chi connectivity index (χ3v) is 4.96. The van der Waals surface area contributed by atoms with E-state index in [1.165, 1.54) is 11.8 Å². The van der Waals surface area contributed by atoms with Crippen molar-refractivity contribution in [2.45, 2.75) is 0 Å². The first-order valence-electron chi connectivity index (χ1n) is 7.52. The molecule has 3 rings (SSSR count). The number of thioether (sulfide) groups is 1. The van der Waals surface area contributed by atoms with Gasteiger partial charge in [0, 0.05) is 17.1 Å². The van der Waals surface area contributed by atoms with Crippen LogP contribution in [0.15, 0.2) is 75.6 Å². The first-order valence-corrected chi connectivity index (χ1v) is 9.13. The van der Waals surface area contributed by atoms with Gasteiger partial charge in [-0.1, -0.05) is 40.2 Å². The highest BCUT2D eigenvalue weighted by atomic mass is 79.9. The molecule has 1 fully saturated rings. The van der Waals surface area contributed by atoms with Crippen LogP contribution in [0.4, 0.5) is 5.69 Å². The third-order valence-electron chi connectivity index (χ3n) is 3.42. The second-order valence-corrected chi connectivity index (χ2v) is 7.21. The van der Waals surface area contributed by atoms with Crippen LogP contribution in [-0.4, -0.2) is 27.6 Å². The Kier molecular flexibility index (Phi) is 5.40. The van der Waals surface area contributed by atoms with Gasteiger partial charge in [-0.2, -0.15) is 0 Å². The molecule has 0 atom stereocenters. The molecule has 0 unspecified atom stereocenters. The lowest BCUT2D eigenvalue weighted by Crippen LogP contribution is -2.29. The van der Waals surface area contributed by atoms with Gasteiger partial charge in [-0.05, 0) is 47.7 Å². The zero-order chi connectivity index (χ0) is 17.8. The molecule has 0 radical (unpaired) electrons. The van der Waals surface area contributed by atoms with E-state index in [1.54, 1.807) is 35.2 Å². The molecule has 1 amide bonds. The molecule has 0 aromatic heterocycles. The molecule has 6 heteroatoms. The highest BCUT2D eigenvalue weighted by Crippen LogP contribution is 2.34. The zero-order valence-corrected chi connectivity index (χ0v) is 15.6. The van der Waals surface area contributed by atoms with Crippen LogP contribution in [0.25, 0.3) is 6.08 Å². The minimum Gasteiger partial charge on any atom is -0.508 e. The average molecular weight is 415 g/mol. The predicted octanol–water partition coefficient (Wildman–Crippen LogP) is 4.94. The molecule has 0 bridgehead atoms. The van der Waals surface area contributed by atoms with E-state index in [1.807, 2.05) is 30.3 Å². The van der Waals surface area contributed by atoms with Crippen molar-refractivity contribution < 1.29 is 9.90 Å². The molecule has 1 aliphatic heterocycles. The molecule has 2 aromatic rings. The Morgan fingerprint density at radius 3 is 2.68 bits per heavy atom. The number of aliphatic imine (C=N–C) groups is 1. The Morgan fingerprint density at radius 2 is 2.00 bits per heavy atom. The standard InChI is InChI=1S/C19H15BrN2O2S/c1-2-10-22-18(24)17(11-13-6-8-14(20)9-7-13)25-19(22)21-15-4-3-5-16(23)12-15/h2-9,11-12,23H,1,10H2/b17-11+,21-19?. The number of halogens is 1. The van der Waals surface area contributed by atoms with E-state index >= 15 is 0 Å². The number of amides is 1. The van der Waals surface area contributed by atoms with Crippen molar-refractivity contribution in [1.29, 1.82) is 0 Å². The predicted molar refractivity (Wildman–Crippen MR) is 107 cm³/mol. The number of rotatable bonds is 4. The molecule has 126 valence electrons. The minimum absolute atomic E-state index is 0.105. The van der Waals surface area contributed by atoms with Gasteiger partial charge in [0.1, 0.15) is 5.75 Å². The summed E-state index contributed by atoms with van der Waals surface area (Å²) in [6.45, 7) is 4.09. The van der Waals surface area contributed by atoms with E-state index in [2.05, 4.69) is 27.5 Å². The Balaban J connectivity index is 1.94. The van der Waals surface area contributed by atoms with E-state index in [9.17, 15) is 9.90 Å².